The van der Waals surface area contributed by atoms with Gasteiger partial charge < -0.3 is 10.0 Å². The normalized spacial score (nSPS) is 18.2. The smallest absolute Gasteiger partial charge is 0.225 e. The number of hydrogen-bond acceptors (Lipinski definition) is 2. The average molecular weight is 247 g/mol. The van der Waals surface area contributed by atoms with Crippen LogP contribution < -0.4 is 0 Å². The first-order chi connectivity index (χ1) is 8.50. The van der Waals surface area contributed by atoms with Crippen molar-refractivity contribution in [3.63, 3.8) is 0 Å². The number of hydrogen-bond donors (Lipinski definition) is 1. The van der Waals surface area contributed by atoms with Crippen LogP contribution in [0.2, 0.25) is 0 Å². The summed E-state index contributed by atoms with van der Waals surface area (Å²) in [4.78, 5) is 14.1. The van der Waals surface area contributed by atoms with Gasteiger partial charge in [-0.25, -0.2) is 0 Å². The molecule has 3 nitrogen and oxygen atoms in total. The zero-order valence-electron chi connectivity index (χ0n) is 11.3. The number of rotatable bonds is 4. The van der Waals surface area contributed by atoms with Gasteiger partial charge in [0.2, 0.25) is 5.91 Å². The second-order valence-electron chi connectivity index (χ2n) is 5.34. The van der Waals surface area contributed by atoms with Gasteiger partial charge in [0.1, 0.15) is 5.75 Å². The van der Waals surface area contributed by atoms with Crippen molar-refractivity contribution in [1.82, 2.24) is 4.90 Å². The number of nitrogens with zero attached hydrogens (tertiary/aromatic N) is 1. The van der Waals surface area contributed by atoms with E-state index in [2.05, 4.69) is 0 Å². The van der Waals surface area contributed by atoms with Crippen LogP contribution in [-0.2, 0) is 4.79 Å². The van der Waals surface area contributed by atoms with Crippen molar-refractivity contribution >= 4 is 5.91 Å². The number of carbonyl (C=O) groups excluding carboxylic acids is 1. The topological polar surface area (TPSA) is 40.5 Å². The Bertz CT molecular complexity index is 423. The Morgan fingerprint density at radius 2 is 1.83 bits per heavy atom. The number of phenolic OH excluding ortho intramolecular Hbond substituents is 1. The van der Waals surface area contributed by atoms with Crippen LogP contribution in [0.25, 0.3) is 0 Å². The highest BCUT2D eigenvalue weighted by atomic mass is 16.3. The van der Waals surface area contributed by atoms with Crippen molar-refractivity contribution in [2.45, 2.75) is 32.7 Å². The predicted molar refractivity (Wildman–Crippen MR) is 71.2 cm³/mol. The molecule has 1 aromatic rings. The number of phenols is 1. The molecule has 1 amide bonds. The summed E-state index contributed by atoms with van der Waals surface area (Å²) in [7, 11) is 1.86. The first-order valence-corrected chi connectivity index (χ1v) is 6.56. The minimum Gasteiger partial charge on any atom is -0.508 e. The summed E-state index contributed by atoms with van der Waals surface area (Å²) in [6.07, 6.45) is 2.38. The fourth-order valence-electron chi connectivity index (χ4n) is 2.29. The molecule has 18 heavy (non-hydrogen) atoms. The second-order valence-corrected chi connectivity index (χ2v) is 5.34. The molecule has 1 aromatic carbocycles. The third kappa shape index (κ3) is 2.66. The van der Waals surface area contributed by atoms with Crippen molar-refractivity contribution in [3.05, 3.63) is 29.8 Å². The van der Waals surface area contributed by atoms with Gasteiger partial charge in [0, 0.05) is 13.0 Å². The molecule has 0 saturated heterocycles. The molecule has 1 fully saturated rings. The molecule has 1 aliphatic carbocycles. The summed E-state index contributed by atoms with van der Waals surface area (Å²) in [5, 5.41) is 9.27. The standard InChI is InChI=1S/C15H21NO2/c1-10(12-4-5-12)15(18)16(3)11(2)13-6-8-14(17)9-7-13/h6-12,17H,4-5H2,1-3H3. The van der Waals surface area contributed by atoms with Crippen LogP contribution in [-0.4, -0.2) is 23.0 Å². The zero-order chi connectivity index (χ0) is 13.3. The quantitative estimate of drug-likeness (QED) is 0.888. The first kappa shape index (κ1) is 12.9. The number of amides is 1. The largest absolute Gasteiger partial charge is 0.508 e. The molecule has 0 radical (unpaired) electrons. The molecule has 3 heteroatoms. The van der Waals surface area contributed by atoms with E-state index in [-0.39, 0.29) is 23.6 Å². The molecule has 0 spiro atoms. The Morgan fingerprint density at radius 3 is 2.33 bits per heavy atom. The summed E-state index contributed by atoms with van der Waals surface area (Å²) in [6, 6.07) is 7.10. The van der Waals surface area contributed by atoms with Gasteiger partial charge in [-0.15, -0.1) is 0 Å². The molecule has 1 aliphatic rings. The maximum atomic E-state index is 12.3. The minimum absolute atomic E-state index is 0.0410. The van der Waals surface area contributed by atoms with E-state index in [0.29, 0.717) is 5.92 Å². The van der Waals surface area contributed by atoms with E-state index in [4.69, 9.17) is 0 Å². The lowest BCUT2D eigenvalue weighted by atomic mass is 10.0. The molecule has 1 saturated carbocycles. The summed E-state index contributed by atoms with van der Waals surface area (Å²) in [5.41, 5.74) is 1.05. The molecule has 98 valence electrons. The molecule has 0 aliphatic heterocycles. The van der Waals surface area contributed by atoms with E-state index in [9.17, 15) is 9.90 Å². The SMILES string of the molecule is CC(C(=O)N(C)C(C)c1ccc(O)cc1)C1CC1. The van der Waals surface area contributed by atoms with Crippen molar-refractivity contribution in [2.24, 2.45) is 11.8 Å². The van der Waals surface area contributed by atoms with Gasteiger partial charge in [-0.05, 0) is 43.4 Å². The lowest BCUT2D eigenvalue weighted by Crippen LogP contribution is -2.34. The maximum Gasteiger partial charge on any atom is 0.225 e. The van der Waals surface area contributed by atoms with E-state index >= 15 is 0 Å². The minimum atomic E-state index is 0.0410. The summed E-state index contributed by atoms with van der Waals surface area (Å²) < 4.78 is 0. The van der Waals surface area contributed by atoms with Crippen LogP contribution >= 0.6 is 0 Å². The molecule has 2 unspecified atom stereocenters. The van der Waals surface area contributed by atoms with E-state index < -0.39 is 0 Å². The van der Waals surface area contributed by atoms with Gasteiger partial charge in [-0.1, -0.05) is 19.1 Å². The van der Waals surface area contributed by atoms with Crippen LogP contribution in [0.3, 0.4) is 0 Å². The van der Waals surface area contributed by atoms with Gasteiger partial charge >= 0.3 is 0 Å². The van der Waals surface area contributed by atoms with Crippen LogP contribution in [0, 0.1) is 11.8 Å². The Labute approximate surface area is 108 Å². The predicted octanol–water partition coefficient (Wildman–Crippen LogP) is 2.96. The molecule has 0 heterocycles. The first-order valence-electron chi connectivity index (χ1n) is 6.56. The lowest BCUT2D eigenvalue weighted by molar-refractivity contribution is -0.136. The highest BCUT2D eigenvalue weighted by Gasteiger charge is 2.35. The maximum absolute atomic E-state index is 12.3. The Morgan fingerprint density at radius 1 is 1.28 bits per heavy atom. The van der Waals surface area contributed by atoms with Crippen molar-refractivity contribution in [2.75, 3.05) is 7.05 Å². The Kier molecular flexibility index (Phi) is 3.60. The summed E-state index contributed by atoms with van der Waals surface area (Å²) in [6.45, 7) is 4.05. The van der Waals surface area contributed by atoms with E-state index in [1.807, 2.05) is 37.9 Å². The Hall–Kier alpha value is -1.51. The number of benzene rings is 1. The lowest BCUT2D eigenvalue weighted by Gasteiger charge is -2.28. The van der Waals surface area contributed by atoms with Gasteiger partial charge in [0.15, 0.2) is 0 Å². The van der Waals surface area contributed by atoms with Gasteiger partial charge in [-0.2, -0.15) is 0 Å². The van der Waals surface area contributed by atoms with Crippen LogP contribution in [0.1, 0.15) is 38.3 Å². The molecular formula is C15H21NO2. The van der Waals surface area contributed by atoms with Gasteiger partial charge in [-0.3, -0.25) is 4.79 Å². The molecule has 0 aromatic heterocycles. The van der Waals surface area contributed by atoms with Crippen LogP contribution in [0.4, 0.5) is 0 Å². The molecule has 0 bridgehead atoms. The van der Waals surface area contributed by atoms with E-state index in [0.717, 1.165) is 5.56 Å². The molecular weight excluding hydrogens is 226 g/mol. The average Bonchev–Trinajstić information content (AvgIpc) is 3.20. The van der Waals surface area contributed by atoms with Crippen molar-refractivity contribution < 1.29 is 9.90 Å². The molecule has 1 N–H and O–H groups in total. The number of carbonyl (C=O) groups is 1. The fourth-order valence-corrected chi connectivity index (χ4v) is 2.29. The summed E-state index contributed by atoms with van der Waals surface area (Å²) in [5.74, 6) is 1.20. The van der Waals surface area contributed by atoms with Crippen LogP contribution in [0.5, 0.6) is 5.75 Å². The van der Waals surface area contributed by atoms with Crippen molar-refractivity contribution in [3.8, 4) is 5.75 Å². The molecule has 2 atom stereocenters. The van der Waals surface area contributed by atoms with Gasteiger partial charge in [0.05, 0.1) is 6.04 Å². The highest BCUT2D eigenvalue weighted by molar-refractivity contribution is 5.79. The van der Waals surface area contributed by atoms with Crippen LogP contribution in [0.15, 0.2) is 24.3 Å². The van der Waals surface area contributed by atoms with Gasteiger partial charge in [0.25, 0.3) is 0 Å². The van der Waals surface area contributed by atoms with Crippen molar-refractivity contribution in [1.29, 1.82) is 0 Å². The second kappa shape index (κ2) is 5.01. The monoisotopic (exact) mass is 247 g/mol. The molecule has 2 rings (SSSR count). The highest BCUT2D eigenvalue weighted by Crippen LogP contribution is 2.38. The summed E-state index contributed by atoms with van der Waals surface area (Å²) >= 11 is 0. The Balaban J connectivity index is 2.05. The van der Waals surface area contributed by atoms with E-state index in [1.54, 1.807) is 12.1 Å². The fraction of sp³-hybridized carbons (Fsp3) is 0.533. The third-order valence-electron chi connectivity index (χ3n) is 4.02. The zero-order valence-corrected chi connectivity index (χ0v) is 11.3. The van der Waals surface area contributed by atoms with E-state index in [1.165, 1.54) is 12.8 Å². The number of aromatic hydroxyl groups is 1. The third-order valence-corrected chi connectivity index (χ3v) is 4.02.